The van der Waals surface area contributed by atoms with Gasteiger partial charge in [-0.25, -0.2) is 5.06 Å². The summed E-state index contributed by atoms with van der Waals surface area (Å²) in [7, 11) is 0. The van der Waals surface area contributed by atoms with Crippen LogP contribution in [0, 0.1) is 0 Å². The summed E-state index contributed by atoms with van der Waals surface area (Å²) in [5.41, 5.74) is 0.790. The van der Waals surface area contributed by atoms with Crippen molar-refractivity contribution in [1.29, 1.82) is 0 Å². The summed E-state index contributed by atoms with van der Waals surface area (Å²) in [4.78, 5) is 11.3. The standard InChI is InChI=1S/C10H10N2O3/c13-10-8(11-14)6-9(12(10)15)7-4-2-1-3-5-7/h1-5,9,14-15H,6H2. The van der Waals surface area contributed by atoms with Gasteiger partial charge < -0.3 is 5.21 Å². The zero-order chi connectivity index (χ0) is 10.8. The molecule has 1 amide bonds. The first kappa shape index (κ1) is 9.67. The largest absolute Gasteiger partial charge is 0.410 e. The van der Waals surface area contributed by atoms with E-state index in [-0.39, 0.29) is 12.1 Å². The van der Waals surface area contributed by atoms with Crippen LogP contribution in [0.4, 0.5) is 0 Å². The Hall–Kier alpha value is -1.88. The highest BCUT2D eigenvalue weighted by atomic mass is 16.5. The molecule has 0 spiro atoms. The van der Waals surface area contributed by atoms with Gasteiger partial charge in [-0.2, -0.15) is 0 Å². The number of rotatable bonds is 1. The van der Waals surface area contributed by atoms with Crippen molar-refractivity contribution in [1.82, 2.24) is 5.06 Å². The number of amides is 1. The molecule has 1 aromatic carbocycles. The van der Waals surface area contributed by atoms with Crippen LogP contribution in [0.3, 0.4) is 0 Å². The number of hydroxylamine groups is 2. The second-order valence-electron chi connectivity index (χ2n) is 3.33. The molecular formula is C10H10N2O3. The molecule has 0 saturated carbocycles. The minimum atomic E-state index is -0.647. The predicted octanol–water partition coefficient (Wildman–Crippen LogP) is 1.18. The number of hydrogen-bond acceptors (Lipinski definition) is 4. The first-order valence-corrected chi connectivity index (χ1v) is 4.52. The monoisotopic (exact) mass is 206 g/mol. The summed E-state index contributed by atoms with van der Waals surface area (Å²) >= 11 is 0. The molecule has 2 N–H and O–H groups in total. The molecule has 1 aliphatic rings. The summed E-state index contributed by atoms with van der Waals surface area (Å²) in [5, 5.41) is 21.5. The fourth-order valence-corrected chi connectivity index (χ4v) is 1.65. The number of oxime groups is 1. The molecule has 0 bridgehead atoms. The lowest BCUT2D eigenvalue weighted by Crippen LogP contribution is -2.25. The van der Waals surface area contributed by atoms with E-state index in [0.29, 0.717) is 5.06 Å². The topological polar surface area (TPSA) is 73.1 Å². The van der Waals surface area contributed by atoms with E-state index < -0.39 is 11.9 Å². The van der Waals surface area contributed by atoms with Gasteiger partial charge in [0, 0.05) is 6.42 Å². The average Bonchev–Trinajstić information content (AvgIpc) is 2.57. The molecule has 1 unspecified atom stereocenters. The lowest BCUT2D eigenvalue weighted by Gasteiger charge is -2.16. The first-order chi connectivity index (χ1) is 7.24. The van der Waals surface area contributed by atoms with Gasteiger partial charge in [0.2, 0.25) is 0 Å². The van der Waals surface area contributed by atoms with Crippen LogP contribution in [-0.4, -0.2) is 27.1 Å². The minimum absolute atomic E-state index is 0.0219. The van der Waals surface area contributed by atoms with Crippen molar-refractivity contribution in [3.05, 3.63) is 35.9 Å². The molecule has 15 heavy (non-hydrogen) atoms. The molecule has 1 atom stereocenters. The van der Waals surface area contributed by atoms with E-state index in [1.165, 1.54) is 0 Å². The molecule has 5 heteroatoms. The van der Waals surface area contributed by atoms with Gasteiger partial charge >= 0.3 is 0 Å². The highest BCUT2D eigenvalue weighted by Crippen LogP contribution is 2.29. The van der Waals surface area contributed by atoms with Gasteiger partial charge in [0.15, 0.2) is 0 Å². The second-order valence-corrected chi connectivity index (χ2v) is 3.33. The van der Waals surface area contributed by atoms with E-state index in [4.69, 9.17) is 5.21 Å². The maximum absolute atomic E-state index is 11.3. The zero-order valence-electron chi connectivity index (χ0n) is 7.87. The van der Waals surface area contributed by atoms with Crippen LogP contribution in [0.15, 0.2) is 35.5 Å². The van der Waals surface area contributed by atoms with E-state index in [2.05, 4.69) is 5.16 Å². The Morgan fingerprint density at radius 2 is 2.00 bits per heavy atom. The fraction of sp³-hybridized carbons (Fsp3) is 0.200. The number of carbonyl (C=O) groups is 1. The number of benzene rings is 1. The van der Waals surface area contributed by atoms with E-state index >= 15 is 0 Å². The minimum Gasteiger partial charge on any atom is -0.410 e. The molecule has 5 nitrogen and oxygen atoms in total. The van der Waals surface area contributed by atoms with Crippen molar-refractivity contribution in [2.24, 2.45) is 5.16 Å². The van der Waals surface area contributed by atoms with Gasteiger partial charge in [-0.3, -0.25) is 10.0 Å². The lowest BCUT2D eigenvalue weighted by atomic mass is 10.1. The average molecular weight is 206 g/mol. The van der Waals surface area contributed by atoms with Crippen molar-refractivity contribution in [3.63, 3.8) is 0 Å². The number of hydrogen-bond donors (Lipinski definition) is 2. The normalized spacial score (nSPS) is 23.8. The summed E-state index contributed by atoms with van der Waals surface area (Å²) in [5.74, 6) is -0.647. The predicted molar refractivity (Wildman–Crippen MR) is 51.7 cm³/mol. The molecule has 0 radical (unpaired) electrons. The SMILES string of the molecule is O=C1C(=NO)CC(c2ccccc2)N1O. The number of carbonyl (C=O) groups excluding carboxylic acids is 1. The highest BCUT2D eigenvalue weighted by molar-refractivity contribution is 6.40. The molecule has 0 aromatic heterocycles. The lowest BCUT2D eigenvalue weighted by molar-refractivity contribution is -0.162. The number of nitrogens with zero attached hydrogens (tertiary/aromatic N) is 2. The molecule has 1 fully saturated rings. The molecular weight excluding hydrogens is 196 g/mol. The Kier molecular flexibility index (Phi) is 2.39. The van der Waals surface area contributed by atoms with Crippen molar-refractivity contribution in [2.75, 3.05) is 0 Å². The molecule has 1 heterocycles. The Bertz CT molecular complexity index is 402. The quantitative estimate of drug-likeness (QED) is 0.411. The van der Waals surface area contributed by atoms with Crippen molar-refractivity contribution >= 4 is 11.6 Å². The Labute approximate surface area is 86.2 Å². The van der Waals surface area contributed by atoms with Gasteiger partial charge in [-0.1, -0.05) is 35.5 Å². The third-order valence-electron chi connectivity index (χ3n) is 2.44. The summed E-state index contributed by atoms with van der Waals surface area (Å²) in [6.07, 6.45) is 0.218. The highest BCUT2D eigenvalue weighted by Gasteiger charge is 2.37. The Morgan fingerprint density at radius 1 is 1.33 bits per heavy atom. The smallest absolute Gasteiger partial charge is 0.295 e. The zero-order valence-corrected chi connectivity index (χ0v) is 7.87. The van der Waals surface area contributed by atoms with E-state index in [1.807, 2.05) is 30.3 Å². The molecule has 1 aromatic rings. The fourth-order valence-electron chi connectivity index (χ4n) is 1.65. The van der Waals surface area contributed by atoms with E-state index in [9.17, 15) is 10.0 Å². The van der Waals surface area contributed by atoms with Gasteiger partial charge in [0.25, 0.3) is 5.91 Å². The molecule has 78 valence electrons. The Morgan fingerprint density at radius 3 is 2.53 bits per heavy atom. The third kappa shape index (κ3) is 1.57. The van der Waals surface area contributed by atoms with Crippen LogP contribution in [0.1, 0.15) is 18.0 Å². The molecule has 1 aliphatic heterocycles. The van der Waals surface area contributed by atoms with Crippen LogP contribution in [0.2, 0.25) is 0 Å². The van der Waals surface area contributed by atoms with Crippen LogP contribution in [0.5, 0.6) is 0 Å². The maximum atomic E-state index is 11.3. The van der Waals surface area contributed by atoms with Gasteiger partial charge in [0.1, 0.15) is 5.71 Å². The van der Waals surface area contributed by atoms with E-state index in [0.717, 1.165) is 5.56 Å². The summed E-state index contributed by atoms with van der Waals surface area (Å²) in [6, 6.07) is 8.65. The summed E-state index contributed by atoms with van der Waals surface area (Å²) < 4.78 is 0. The van der Waals surface area contributed by atoms with E-state index in [1.54, 1.807) is 0 Å². The molecule has 0 aliphatic carbocycles. The second kappa shape index (κ2) is 3.70. The van der Waals surface area contributed by atoms with Crippen molar-refractivity contribution < 1.29 is 15.2 Å². The third-order valence-corrected chi connectivity index (χ3v) is 2.44. The molecule has 1 saturated heterocycles. The van der Waals surface area contributed by atoms with Crippen LogP contribution in [0.25, 0.3) is 0 Å². The summed E-state index contributed by atoms with van der Waals surface area (Å²) in [6.45, 7) is 0. The van der Waals surface area contributed by atoms with Crippen LogP contribution >= 0.6 is 0 Å². The first-order valence-electron chi connectivity index (χ1n) is 4.52. The van der Waals surface area contributed by atoms with Crippen LogP contribution in [-0.2, 0) is 4.79 Å². The molecule has 2 rings (SSSR count). The van der Waals surface area contributed by atoms with Gasteiger partial charge in [-0.15, -0.1) is 0 Å². The van der Waals surface area contributed by atoms with Crippen molar-refractivity contribution in [2.45, 2.75) is 12.5 Å². The Balaban J connectivity index is 2.30. The van der Waals surface area contributed by atoms with Gasteiger partial charge in [-0.05, 0) is 5.56 Å². The maximum Gasteiger partial charge on any atom is 0.295 e. The van der Waals surface area contributed by atoms with Crippen LogP contribution < -0.4 is 0 Å². The van der Waals surface area contributed by atoms with Crippen molar-refractivity contribution in [3.8, 4) is 0 Å². The van der Waals surface area contributed by atoms with Gasteiger partial charge in [0.05, 0.1) is 6.04 Å².